The van der Waals surface area contributed by atoms with Gasteiger partial charge in [0, 0.05) is 38.8 Å². The van der Waals surface area contributed by atoms with E-state index in [4.69, 9.17) is 4.74 Å². The molecule has 0 amide bonds. The molecule has 2 nitrogen and oxygen atoms in total. The molecule has 320 valence electrons. The molecule has 0 N–H and O–H groups in total. The second kappa shape index (κ2) is 10.4. The summed E-state index contributed by atoms with van der Waals surface area (Å²) in [7, 11) is 0. The van der Waals surface area contributed by atoms with Crippen LogP contribution in [0.4, 0.5) is 0 Å². The molecular weight excluding hydrogens is 773 g/mol. The summed E-state index contributed by atoms with van der Waals surface area (Å²) in [6, 6.07) is 14.9. The lowest BCUT2D eigenvalue weighted by molar-refractivity contribution is -0.147. The van der Waals surface area contributed by atoms with Crippen molar-refractivity contribution < 1.29 is 9.53 Å². The number of thiophene rings is 1. The number of hydrogen-bond acceptors (Lipinski definition) is 3. The number of ether oxygens (including phenoxy) is 1. The van der Waals surface area contributed by atoms with Crippen molar-refractivity contribution in [3.63, 3.8) is 0 Å². The van der Waals surface area contributed by atoms with Gasteiger partial charge in [-0.3, -0.25) is 4.79 Å². The van der Waals surface area contributed by atoms with Crippen LogP contribution in [0.15, 0.2) is 59.7 Å². The van der Waals surface area contributed by atoms with E-state index < -0.39 is 0 Å². The summed E-state index contributed by atoms with van der Waals surface area (Å²) >= 11 is 1.88. The number of fused-ring (bicyclic) bond motifs is 4. The fourth-order valence-corrected chi connectivity index (χ4v) is 29.9. The minimum absolute atomic E-state index is 0.0648. The molecule has 28 unspecified atom stereocenters. The van der Waals surface area contributed by atoms with Crippen LogP contribution < -0.4 is 0 Å². The summed E-state index contributed by atoms with van der Waals surface area (Å²) in [5.41, 5.74) is 7.97. The fourth-order valence-electron chi connectivity index (χ4n) is 28.9. The Morgan fingerprint density at radius 2 is 1.27 bits per heavy atom. The molecule has 0 aliphatic heterocycles. The van der Waals surface area contributed by atoms with Crippen LogP contribution in [0.5, 0.6) is 0 Å². The van der Waals surface area contributed by atoms with Crippen molar-refractivity contribution in [3.8, 4) is 0 Å². The average Bonchev–Trinajstić information content (AvgIpc) is 4.02. The largest absolute Gasteiger partial charge is 0.465 e. The highest BCUT2D eigenvalue weighted by molar-refractivity contribution is 7.12. The molecule has 1 heterocycles. The Kier molecular flexibility index (Phi) is 5.72. The first-order valence-electron chi connectivity index (χ1n) is 27.2. The molecule has 0 saturated heterocycles. The molecule has 17 aliphatic rings. The summed E-state index contributed by atoms with van der Waals surface area (Å²) in [4.78, 5) is 16.7. The van der Waals surface area contributed by atoms with E-state index in [0.29, 0.717) is 23.9 Å². The molecule has 1 aromatic heterocycles. The molecule has 19 rings (SSSR count). The highest BCUT2D eigenvalue weighted by Crippen LogP contribution is 3.05. The third-order valence-electron chi connectivity index (χ3n) is 27.6. The number of aryl methyl sites for hydroxylation is 2. The Morgan fingerprint density at radius 3 is 1.95 bits per heavy atom. The molecule has 29 atom stereocenters. The molecule has 62 heavy (non-hydrogen) atoms. The number of rotatable bonds is 8. The summed E-state index contributed by atoms with van der Waals surface area (Å²) in [6.45, 7) is 4.96. The maximum atomic E-state index is 13.9. The Morgan fingerprint density at radius 1 is 0.677 bits per heavy atom. The number of esters is 1. The first kappa shape index (κ1) is 34.2. The lowest BCUT2D eigenvalue weighted by Crippen LogP contribution is -2.58. The topological polar surface area (TPSA) is 26.3 Å². The van der Waals surface area contributed by atoms with Crippen molar-refractivity contribution in [2.75, 3.05) is 6.61 Å². The molecule has 15 fully saturated rings. The zero-order chi connectivity index (χ0) is 39.8. The number of carbonyl (C=O) groups excluding carboxylic acids is 1. The maximum absolute atomic E-state index is 13.9. The van der Waals surface area contributed by atoms with Crippen molar-refractivity contribution in [2.24, 2.45) is 165 Å². The predicted octanol–water partition coefficient (Wildman–Crippen LogP) is 11.8. The van der Waals surface area contributed by atoms with E-state index in [-0.39, 0.29) is 11.4 Å². The molecule has 0 radical (unpaired) electrons. The summed E-state index contributed by atoms with van der Waals surface area (Å²) in [5, 5.41) is 0. The number of allylic oxidation sites excluding steroid dienone is 4. The lowest BCUT2D eigenvalue weighted by Gasteiger charge is -2.61. The maximum Gasteiger partial charge on any atom is 0.305 e. The minimum Gasteiger partial charge on any atom is -0.465 e. The quantitative estimate of drug-likeness (QED) is 0.248. The van der Waals surface area contributed by atoms with Crippen molar-refractivity contribution in [2.45, 2.75) is 96.3 Å². The predicted molar refractivity (Wildman–Crippen MR) is 239 cm³/mol. The van der Waals surface area contributed by atoms with Crippen molar-refractivity contribution in [3.05, 3.63) is 80.6 Å². The minimum atomic E-state index is 0.0648. The van der Waals surface area contributed by atoms with E-state index in [1.54, 1.807) is 44.1 Å². The molecule has 3 heteroatoms. The van der Waals surface area contributed by atoms with Gasteiger partial charge in [0.1, 0.15) is 0 Å². The van der Waals surface area contributed by atoms with Crippen molar-refractivity contribution in [1.82, 2.24) is 0 Å². The number of hydrogen-bond donors (Lipinski definition) is 0. The first-order valence-corrected chi connectivity index (χ1v) is 28.0. The molecule has 17 aliphatic carbocycles. The first-order chi connectivity index (χ1) is 30.5. The monoisotopic (exact) mass is 838 g/mol. The second-order valence-electron chi connectivity index (χ2n) is 26.7. The highest BCUT2D eigenvalue weighted by atomic mass is 32.1. The number of carbonyl (C=O) groups is 1. The van der Waals surface area contributed by atoms with E-state index in [1.165, 1.54) is 34.6 Å². The Labute approximate surface area is 373 Å². The van der Waals surface area contributed by atoms with Crippen LogP contribution in [0.2, 0.25) is 0 Å². The summed E-state index contributed by atoms with van der Waals surface area (Å²) in [5.74, 6) is 27.1. The normalized spacial score (nSPS) is 62.9. The van der Waals surface area contributed by atoms with Crippen molar-refractivity contribution in [1.29, 1.82) is 0 Å². The van der Waals surface area contributed by atoms with Gasteiger partial charge in [-0.25, -0.2) is 0 Å². The van der Waals surface area contributed by atoms with E-state index in [2.05, 4.69) is 68.0 Å². The SMILES string of the molecule is Cc1cc(CCOC(=O)CCC[C@@]2(c3ccccc3)C34C5=C6CCC7C8CCC9C%10CCC%11C%12CCC%13C%14C%12C%12C%11C%10C%10C9C8C8C7C6C3C3C8C%10C%12C3C%14C42C%13C=C5)c(C)s1. The van der Waals surface area contributed by atoms with Gasteiger partial charge in [-0.2, -0.15) is 0 Å². The smallest absolute Gasteiger partial charge is 0.305 e. The standard InChI is InChI=1S/C59H66O2S/c1-24-23-26(25(2)62-24)20-22-61-38(60)9-6-21-57(27-7-4-3-5-8-27)58-36-18-19-37-35-17-15-33-31-13-11-29-28-10-12-30-32-14-16-34(36)45-43(32)48-41(30)39(28)47-40(29)42(31)49-44(33)46(35)56(59(37,57)58)54-52(49)50(47)51(48)53(54)55(45)58/h3-5,7-8,18-19,23,28-34,36,39-56H,6,9-17,20-22H2,1-2H3/t28?,29?,30?,31?,32?,33?,34?,36?,39?,40?,41?,42?,43?,44?,45?,46?,47?,48?,49?,50?,51?,52?,53?,54?,55?,56?,57-,58?,59?/m0/s1. The summed E-state index contributed by atoms with van der Waals surface area (Å²) in [6.07, 6.45) is 22.3. The molecule has 2 spiro atoms. The molecule has 0 bridgehead atoms. The van der Waals surface area contributed by atoms with Crippen LogP contribution in [-0.4, -0.2) is 12.6 Å². The third kappa shape index (κ3) is 2.97. The Balaban J connectivity index is 0.831. The van der Waals surface area contributed by atoms with Gasteiger partial charge >= 0.3 is 5.97 Å². The van der Waals surface area contributed by atoms with Crippen LogP contribution in [0, 0.1) is 179 Å². The van der Waals surface area contributed by atoms with Crippen LogP contribution in [0.3, 0.4) is 0 Å². The highest BCUT2D eigenvalue weighted by Gasteiger charge is 3.03. The van der Waals surface area contributed by atoms with E-state index in [9.17, 15) is 4.79 Å². The van der Waals surface area contributed by atoms with E-state index in [0.717, 1.165) is 167 Å². The van der Waals surface area contributed by atoms with Gasteiger partial charge in [-0.1, -0.05) is 48.1 Å². The van der Waals surface area contributed by atoms with Gasteiger partial charge in [-0.05, 0) is 255 Å². The second-order valence-corrected chi connectivity index (χ2v) is 28.2. The van der Waals surface area contributed by atoms with Gasteiger partial charge in [0.2, 0.25) is 0 Å². The van der Waals surface area contributed by atoms with Crippen LogP contribution in [0.1, 0.15) is 91.5 Å². The van der Waals surface area contributed by atoms with E-state index >= 15 is 0 Å². The molecule has 15 saturated carbocycles. The Bertz CT molecular complexity index is 2520. The molecular formula is C59H66O2S. The lowest BCUT2D eigenvalue weighted by atomic mass is 9.43. The van der Waals surface area contributed by atoms with Gasteiger partial charge in [0.05, 0.1) is 6.61 Å². The molecule has 1 aromatic carbocycles. The Hall–Kier alpha value is -2.13. The third-order valence-corrected chi connectivity index (χ3v) is 28.6. The number of benzene rings is 1. The summed E-state index contributed by atoms with van der Waals surface area (Å²) < 4.78 is 6.17. The van der Waals surface area contributed by atoms with Crippen molar-refractivity contribution >= 4 is 17.3 Å². The molecule has 2 aromatic rings. The van der Waals surface area contributed by atoms with Gasteiger partial charge in [0.15, 0.2) is 0 Å². The zero-order valence-electron chi connectivity index (χ0n) is 37.0. The van der Waals surface area contributed by atoms with Crippen LogP contribution in [0.25, 0.3) is 0 Å². The van der Waals surface area contributed by atoms with Gasteiger partial charge in [-0.15, -0.1) is 11.3 Å². The van der Waals surface area contributed by atoms with Gasteiger partial charge in [0.25, 0.3) is 0 Å². The van der Waals surface area contributed by atoms with Crippen LogP contribution in [-0.2, 0) is 21.4 Å². The van der Waals surface area contributed by atoms with Crippen LogP contribution >= 0.6 is 11.3 Å². The van der Waals surface area contributed by atoms with Gasteiger partial charge < -0.3 is 4.74 Å². The fraction of sp³-hybridized carbons (Fsp3) is 0.746. The average molecular weight is 839 g/mol. The zero-order valence-corrected chi connectivity index (χ0v) is 37.9. The van der Waals surface area contributed by atoms with E-state index in [1.807, 2.05) is 16.9 Å².